The molecule has 6 nitrogen and oxygen atoms in total. The van der Waals surface area contributed by atoms with Crippen molar-refractivity contribution in [2.75, 3.05) is 25.5 Å². The van der Waals surface area contributed by atoms with E-state index >= 15 is 0 Å². The smallest absolute Gasteiger partial charge is 0.252 e. The molecule has 0 radical (unpaired) electrons. The predicted octanol–water partition coefficient (Wildman–Crippen LogP) is 3.94. The summed E-state index contributed by atoms with van der Waals surface area (Å²) in [5.41, 5.74) is 2.19. The average molecular weight is 436 g/mol. The lowest BCUT2D eigenvalue weighted by Gasteiger charge is -2.35. The van der Waals surface area contributed by atoms with E-state index < -0.39 is 0 Å². The number of thiophene rings is 1. The highest BCUT2D eigenvalue weighted by Crippen LogP contribution is 2.31. The number of anilines is 1. The van der Waals surface area contributed by atoms with Gasteiger partial charge in [-0.05, 0) is 49.8 Å². The fourth-order valence-corrected chi connectivity index (χ4v) is 4.22. The topological polar surface area (TPSA) is 70.7 Å². The molecule has 1 aromatic heterocycles. The van der Waals surface area contributed by atoms with E-state index in [1.807, 2.05) is 36.7 Å². The van der Waals surface area contributed by atoms with Crippen LogP contribution in [0.25, 0.3) is 0 Å². The van der Waals surface area contributed by atoms with E-state index in [9.17, 15) is 9.59 Å². The van der Waals surface area contributed by atoms with Crippen LogP contribution >= 0.6 is 22.9 Å². The molecule has 2 aromatic rings. The Morgan fingerprint density at radius 3 is 2.66 bits per heavy atom. The zero-order valence-electron chi connectivity index (χ0n) is 16.8. The van der Waals surface area contributed by atoms with Gasteiger partial charge < -0.3 is 15.4 Å². The number of methoxy groups -OCH3 is 1. The number of aryl methyl sites for hydroxylation is 1. The lowest BCUT2D eigenvalue weighted by Crippen LogP contribution is -2.50. The van der Waals surface area contributed by atoms with Crippen molar-refractivity contribution in [3.05, 3.63) is 45.1 Å². The van der Waals surface area contributed by atoms with Crippen LogP contribution in [0.15, 0.2) is 29.0 Å². The maximum Gasteiger partial charge on any atom is 0.252 e. The number of rotatable bonds is 6. The van der Waals surface area contributed by atoms with Crippen molar-refractivity contribution in [2.45, 2.75) is 38.8 Å². The van der Waals surface area contributed by atoms with Crippen molar-refractivity contribution >= 4 is 40.4 Å². The van der Waals surface area contributed by atoms with Gasteiger partial charge in [-0.2, -0.15) is 11.3 Å². The molecule has 0 bridgehead atoms. The zero-order chi connectivity index (χ0) is 21.0. The molecule has 3 rings (SSSR count). The maximum atomic E-state index is 12.8. The van der Waals surface area contributed by atoms with Gasteiger partial charge in [-0.3, -0.25) is 14.5 Å². The zero-order valence-corrected chi connectivity index (χ0v) is 18.4. The lowest BCUT2D eigenvalue weighted by molar-refractivity contribution is -0.121. The largest absolute Gasteiger partial charge is 0.495 e. The van der Waals surface area contributed by atoms with Crippen LogP contribution in [0.3, 0.4) is 0 Å². The molecule has 1 aliphatic heterocycles. The first-order valence-corrected chi connectivity index (χ1v) is 10.9. The number of likely N-dealkylation sites (tertiary alicyclic amines) is 1. The molecule has 1 aromatic carbocycles. The number of piperidine rings is 1. The number of halogens is 1. The molecule has 1 atom stereocenters. The van der Waals surface area contributed by atoms with Gasteiger partial charge in [0.05, 0.1) is 18.8 Å². The lowest BCUT2D eigenvalue weighted by atomic mass is 10.0. The molecule has 0 saturated carbocycles. The van der Waals surface area contributed by atoms with E-state index in [2.05, 4.69) is 15.5 Å². The van der Waals surface area contributed by atoms with Crippen LogP contribution in [0.2, 0.25) is 5.02 Å². The van der Waals surface area contributed by atoms with E-state index in [1.54, 1.807) is 13.2 Å². The summed E-state index contributed by atoms with van der Waals surface area (Å²) in [7, 11) is 1.55. The normalized spacial score (nSPS) is 16.3. The molecule has 1 saturated heterocycles. The van der Waals surface area contributed by atoms with Gasteiger partial charge in [0.1, 0.15) is 5.75 Å². The van der Waals surface area contributed by atoms with Crippen LogP contribution in [0.4, 0.5) is 5.69 Å². The van der Waals surface area contributed by atoms with Crippen LogP contribution < -0.4 is 15.4 Å². The van der Waals surface area contributed by atoms with Crippen LogP contribution in [0, 0.1) is 6.92 Å². The molecule has 1 aliphatic rings. The third-order valence-corrected chi connectivity index (χ3v) is 6.40. The number of carbonyl (C=O) groups excluding carboxylic acids is 2. The van der Waals surface area contributed by atoms with Crippen LogP contribution in [-0.2, 0) is 4.79 Å². The Kier molecular flexibility index (Phi) is 7.16. The highest BCUT2D eigenvalue weighted by atomic mass is 35.5. The van der Waals surface area contributed by atoms with E-state index in [4.69, 9.17) is 16.3 Å². The van der Waals surface area contributed by atoms with Crippen molar-refractivity contribution in [1.29, 1.82) is 0 Å². The first-order chi connectivity index (χ1) is 13.9. The van der Waals surface area contributed by atoms with Crippen molar-refractivity contribution in [3.63, 3.8) is 0 Å². The van der Waals surface area contributed by atoms with Crippen LogP contribution in [0.1, 0.15) is 35.7 Å². The first kappa shape index (κ1) is 21.6. The minimum absolute atomic E-state index is 0.0271. The van der Waals surface area contributed by atoms with Gasteiger partial charge in [0.15, 0.2) is 0 Å². The SMILES string of the molecule is COc1cc(Cl)c(C)cc1NC(=O)C(C)N1CCC(NC(=O)c2ccsc2)CC1. The second kappa shape index (κ2) is 9.61. The van der Waals surface area contributed by atoms with Crippen molar-refractivity contribution in [3.8, 4) is 5.75 Å². The average Bonchev–Trinajstić information content (AvgIpc) is 3.25. The van der Waals surface area contributed by atoms with Crippen LogP contribution in [-0.4, -0.2) is 49.0 Å². The molecular weight excluding hydrogens is 410 g/mol. The Labute approximate surface area is 180 Å². The molecule has 1 fully saturated rings. The highest BCUT2D eigenvalue weighted by Gasteiger charge is 2.28. The summed E-state index contributed by atoms with van der Waals surface area (Å²) in [6.07, 6.45) is 1.63. The summed E-state index contributed by atoms with van der Waals surface area (Å²) < 4.78 is 5.34. The molecular formula is C21H26ClN3O3S. The van der Waals surface area contributed by atoms with Crippen molar-refractivity contribution < 1.29 is 14.3 Å². The molecule has 29 heavy (non-hydrogen) atoms. The number of carbonyl (C=O) groups is 2. The van der Waals surface area contributed by atoms with Gasteiger partial charge in [-0.1, -0.05) is 11.6 Å². The van der Waals surface area contributed by atoms with Gasteiger partial charge in [-0.25, -0.2) is 0 Å². The molecule has 8 heteroatoms. The number of nitrogens with zero attached hydrogens (tertiary/aromatic N) is 1. The second-order valence-electron chi connectivity index (χ2n) is 7.26. The van der Waals surface area contributed by atoms with Crippen molar-refractivity contribution in [2.24, 2.45) is 0 Å². The van der Waals surface area contributed by atoms with E-state index in [-0.39, 0.29) is 23.9 Å². The molecule has 156 valence electrons. The molecule has 0 spiro atoms. The maximum absolute atomic E-state index is 12.8. The van der Waals surface area contributed by atoms with Gasteiger partial charge in [-0.15, -0.1) is 0 Å². The Bertz CT molecular complexity index is 864. The number of hydrogen-bond acceptors (Lipinski definition) is 5. The quantitative estimate of drug-likeness (QED) is 0.721. The summed E-state index contributed by atoms with van der Waals surface area (Å²) >= 11 is 7.65. The number of nitrogens with one attached hydrogen (secondary N) is 2. The third-order valence-electron chi connectivity index (χ3n) is 5.31. The minimum Gasteiger partial charge on any atom is -0.495 e. The highest BCUT2D eigenvalue weighted by molar-refractivity contribution is 7.08. The number of hydrogen-bond donors (Lipinski definition) is 2. The molecule has 2 N–H and O–H groups in total. The fourth-order valence-electron chi connectivity index (χ4n) is 3.43. The van der Waals surface area contributed by atoms with E-state index in [0.29, 0.717) is 22.0 Å². The first-order valence-electron chi connectivity index (χ1n) is 9.61. The van der Waals surface area contributed by atoms with Gasteiger partial charge in [0.2, 0.25) is 5.91 Å². The molecule has 2 heterocycles. The van der Waals surface area contributed by atoms with Gasteiger partial charge in [0.25, 0.3) is 5.91 Å². The Morgan fingerprint density at radius 2 is 2.03 bits per heavy atom. The van der Waals surface area contributed by atoms with Crippen LogP contribution in [0.5, 0.6) is 5.75 Å². The second-order valence-corrected chi connectivity index (χ2v) is 8.45. The number of amides is 2. The number of benzene rings is 1. The van der Waals surface area contributed by atoms with Gasteiger partial charge in [0, 0.05) is 41.2 Å². The van der Waals surface area contributed by atoms with E-state index in [1.165, 1.54) is 11.3 Å². The number of ether oxygens (including phenoxy) is 1. The monoisotopic (exact) mass is 435 g/mol. The minimum atomic E-state index is -0.288. The standard InChI is InChI=1S/C21H26ClN3O3S/c1-13-10-18(19(28-3)11-17(13)22)24-20(26)14(2)25-7-4-16(5-8-25)23-21(27)15-6-9-29-12-15/h6,9-12,14,16H,4-5,7-8H2,1-3H3,(H,23,27)(H,24,26). The molecule has 1 unspecified atom stereocenters. The summed E-state index contributed by atoms with van der Waals surface area (Å²) in [4.78, 5) is 27.1. The summed E-state index contributed by atoms with van der Waals surface area (Å²) in [6, 6.07) is 5.20. The predicted molar refractivity (Wildman–Crippen MR) is 117 cm³/mol. The Hall–Kier alpha value is -2.09. The van der Waals surface area contributed by atoms with E-state index in [0.717, 1.165) is 31.5 Å². The third kappa shape index (κ3) is 5.29. The summed E-state index contributed by atoms with van der Waals surface area (Å²) in [6.45, 7) is 5.28. The molecule has 0 aliphatic carbocycles. The molecule has 2 amide bonds. The van der Waals surface area contributed by atoms with Gasteiger partial charge >= 0.3 is 0 Å². The Balaban J connectivity index is 1.54. The summed E-state index contributed by atoms with van der Waals surface area (Å²) in [5, 5.41) is 10.4. The fraction of sp³-hybridized carbons (Fsp3) is 0.429. The Morgan fingerprint density at radius 1 is 1.31 bits per heavy atom. The van der Waals surface area contributed by atoms with Crippen molar-refractivity contribution in [1.82, 2.24) is 10.2 Å². The summed E-state index contributed by atoms with van der Waals surface area (Å²) in [5.74, 6) is 0.419.